The molecule has 0 atom stereocenters. The Morgan fingerprint density at radius 2 is 1.90 bits per heavy atom. The zero-order valence-corrected chi connectivity index (χ0v) is 11.9. The van der Waals surface area contributed by atoms with E-state index >= 15 is 0 Å². The molecule has 21 heavy (non-hydrogen) atoms. The Balaban J connectivity index is 2.32. The Hall–Kier alpha value is -2.63. The number of carboxylic acid groups (broad SMARTS) is 1. The second kappa shape index (κ2) is 5.40. The van der Waals surface area contributed by atoms with Crippen LogP contribution in [0, 0.1) is 26.6 Å². The van der Waals surface area contributed by atoms with Crippen molar-refractivity contribution in [2.24, 2.45) is 0 Å². The number of halogens is 1. The van der Waals surface area contributed by atoms with E-state index in [9.17, 15) is 14.0 Å². The van der Waals surface area contributed by atoms with Gasteiger partial charge in [0.15, 0.2) is 0 Å². The lowest BCUT2D eigenvalue weighted by Gasteiger charge is -2.07. The van der Waals surface area contributed by atoms with E-state index in [1.54, 1.807) is 20.8 Å². The van der Waals surface area contributed by atoms with E-state index in [0.29, 0.717) is 22.5 Å². The minimum absolute atomic E-state index is 0.00654. The molecule has 1 aromatic heterocycles. The summed E-state index contributed by atoms with van der Waals surface area (Å²) in [7, 11) is 0. The zero-order valence-electron chi connectivity index (χ0n) is 11.9. The van der Waals surface area contributed by atoms with Crippen molar-refractivity contribution in [3.05, 3.63) is 52.1 Å². The average Bonchev–Trinajstić information content (AvgIpc) is 2.69. The predicted octanol–water partition coefficient (Wildman–Crippen LogP) is 3.03. The van der Waals surface area contributed by atoms with Crippen LogP contribution >= 0.6 is 0 Å². The van der Waals surface area contributed by atoms with Gasteiger partial charge in [0, 0.05) is 11.4 Å². The number of nitrogens with one attached hydrogen (secondary N) is 2. The third-order valence-electron chi connectivity index (χ3n) is 3.29. The van der Waals surface area contributed by atoms with Crippen molar-refractivity contribution in [1.29, 1.82) is 0 Å². The van der Waals surface area contributed by atoms with Crippen LogP contribution in [0.15, 0.2) is 18.2 Å². The van der Waals surface area contributed by atoms with Crippen LogP contribution in [0.25, 0.3) is 0 Å². The SMILES string of the molecule is Cc1cc(NC(=O)c2c(C)[nH]c(C(=O)O)c2C)ccc1F. The topological polar surface area (TPSA) is 82.2 Å². The molecule has 0 saturated carbocycles. The highest BCUT2D eigenvalue weighted by atomic mass is 19.1. The third kappa shape index (κ3) is 2.79. The van der Waals surface area contributed by atoms with E-state index in [4.69, 9.17) is 5.11 Å². The number of hydrogen-bond acceptors (Lipinski definition) is 2. The molecule has 5 nitrogen and oxygen atoms in total. The fourth-order valence-corrected chi connectivity index (χ4v) is 2.22. The van der Waals surface area contributed by atoms with Crippen LogP contribution in [0.2, 0.25) is 0 Å². The third-order valence-corrected chi connectivity index (χ3v) is 3.29. The van der Waals surface area contributed by atoms with Crippen molar-refractivity contribution in [3.8, 4) is 0 Å². The molecule has 2 aromatic rings. The molecule has 0 bridgehead atoms. The molecule has 0 aliphatic heterocycles. The van der Waals surface area contributed by atoms with E-state index in [0.717, 1.165) is 0 Å². The lowest BCUT2D eigenvalue weighted by molar-refractivity contribution is 0.0690. The number of benzene rings is 1. The number of aromatic carboxylic acids is 1. The van der Waals surface area contributed by atoms with Gasteiger partial charge in [0.1, 0.15) is 11.5 Å². The highest BCUT2D eigenvalue weighted by Gasteiger charge is 2.21. The minimum Gasteiger partial charge on any atom is -0.477 e. The normalized spacial score (nSPS) is 10.5. The Kier molecular flexibility index (Phi) is 3.80. The van der Waals surface area contributed by atoms with Crippen LogP contribution in [0.4, 0.5) is 10.1 Å². The number of rotatable bonds is 3. The molecule has 0 radical (unpaired) electrons. The molecule has 0 fully saturated rings. The number of carbonyl (C=O) groups excluding carboxylic acids is 1. The van der Waals surface area contributed by atoms with Gasteiger partial charge in [0.05, 0.1) is 5.56 Å². The summed E-state index contributed by atoms with van der Waals surface area (Å²) in [5, 5.41) is 11.7. The van der Waals surface area contributed by atoms with E-state index in [-0.39, 0.29) is 17.1 Å². The molecule has 1 heterocycles. The molecule has 0 aliphatic carbocycles. The fraction of sp³-hybridized carbons (Fsp3) is 0.200. The van der Waals surface area contributed by atoms with Gasteiger partial charge in [-0.3, -0.25) is 4.79 Å². The highest BCUT2D eigenvalue weighted by Crippen LogP contribution is 2.20. The van der Waals surface area contributed by atoms with Crippen LogP contribution in [0.5, 0.6) is 0 Å². The molecule has 0 saturated heterocycles. The first-order chi connectivity index (χ1) is 9.81. The van der Waals surface area contributed by atoms with Crippen molar-refractivity contribution in [3.63, 3.8) is 0 Å². The maximum atomic E-state index is 13.2. The van der Waals surface area contributed by atoms with Gasteiger partial charge in [-0.2, -0.15) is 0 Å². The number of aromatic nitrogens is 1. The quantitative estimate of drug-likeness (QED) is 0.812. The molecular weight excluding hydrogens is 275 g/mol. The minimum atomic E-state index is -1.12. The number of H-pyrrole nitrogens is 1. The van der Waals surface area contributed by atoms with Crippen molar-refractivity contribution in [2.75, 3.05) is 5.32 Å². The molecule has 6 heteroatoms. The number of carbonyl (C=O) groups is 2. The molecule has 0 aliphatic rings. The molecule has 110 valence electrons. The average molecular weight is 290 g/mol. The first-order valence-electron chi connectivity index (χ1n) is 6.31. The van der Waals surface area contributed by atoms with Gasteiger partial charge in [0.25, 0.3) is 5.91 Å². The predicted molar refractivity (Wildman–Crippen MR) is 76.3 cm³/mol. The largest absolute Gasteiger partial charge is 0.477 e. The number of amides is 1. The van der Waals surface area contributed by atoms with Gasteiger partial charge in [-0.15, -0.1) is 0 Å². The van der Waals surface area contributed by atoms with Crippen molar-refractivity contribution in [1.82, 2.24) is 4.98 Å². The van der Waals surface area contributed by atoms with Crippen molar-refractivity contribution < 1.29 is 19.1 Å². The van der Waals surface area contributed by atoms with E-state index < -0.39 is 11.9 Å². The second-order valence-electron chi connectivity index (χ2n) is 4.85. The number of aryl methyl sites for hydroxylation is 2. The van der Waals surface area contributed by atoms with Gasteiger partial charge in [-0.1, -0.05) is 0 Å². The molecular formula is C15H15FN2O3. The summed E-state index contributed by atoms with van der Waals surface area (Å²) in [4.78, 5) is 26.0. The Morgan fingerprint density at radius 1 is 1.24 bits per heavy atom. The van der Waals surface area contributed by atoms with Gasteiger partial charge < -0.3 is 15.4 Å². The first kappa shape index (κ1) is 14.8. The number of carboxylic acids is 1. The standard InChI is InChI=1S/C15H15FN2O3/c1-7-6-10(4-5-11(7)16)18-14(19)12-8(2)13(15(20)21)17-9(12)3/h4-6,17H,1-3H3,(H,18,19)(H,20,21). The van der Waals surface area contributed by atoms with Crippen molar-refractivity contribution >= 4 is 17.6 Å². The summed E-state index contributed by atoms with van der Waals surface area (Å²) in [6.45, 7) is 4.79. The van der Waals surface area contributed by atoms with Gasteiger partial charge in [0.2, 0.25) is 0 Å². The summed E-state index contributed by atoms with van der Waals surface area (Å²) in [6.07, 6.45) is 0. The van der Waals surface area contributed by atoms with E-state index in [1.807, 2.05) is 0 Å². The maximum absolute atomic E-state index is 13.2. The summed E-state index contributed by atoms with van der Waals surface area (Å²) < 4.78 is 13.2. The highest BCUT2D eigenvalue weighted by molar-refractivity contribution is 6.08. The molecule has 1 aromatic carbocycles. The number of aromatic amines is 1. The van der Waals surface area contributed by atoms with Crippen LogP contribution in [-0.4, -0.2) is 22.0 Å². The summed E-state index contributed by atoms with van der Waals surface area (Å²) >= 11 is 0. The fourth-order valence-electron chi connectivity index (χ4n) is 2.22. The van der Waals surface area contributed by atoms with Crippen LogP contribution < -0.4 is 5.32 Å². The Morgan fingerprint density at radius 3 is 2.43 bits per heavy atom. The lowest BCUT2D eigenvalue weighted by Crippen LogP contribution is -2.14. The lowest BCUT2D eigenvalue weighted by atomic mass is 10.1. The van der Waals surface area contributed by atoms with Crippen LogP contribution in [0.3, 0.4) is 0 Å². The molecule has 0 spiro atoms. The van der Waals surface area contributed by atoms with Crippen molar-refractivity contribution in [2.45, 2.75) is 20.8 Å². The summed E-state index contributed by atoms with van der Waals surface area (Å²) in [5.74, 6) is -1.90. The number of hydrogen-bond donors (Lipinski definition) is 3. The second-order valence-corrected chi connectivity index (χ2v) is 4.85. The maximum Gasteiger partial charge on any atom is 0.352 e. The molecule has 1 amide bonds. The zero-order chi connectivity index (χ0) is 15.7. The van der Waals surface area contributed by atoms with E-state index in [1.165, 1.54) is 18.2 Å². The smallest absolute Gasteiger partial charge is 0.352 e. The molecule has 0 unspecified atom stereocenters. The van der Waals surface area contributed by atoms with Crippen LogP contribution in [0.1, 0.15) is 37.7 Å². The Bertz CT molecular complexity index is 735. The van der Waals surface area contributed by atoms with Gasteiger partial charge in [-0.05, 0) is 50.1 Å². The van der Waals surface area contributed by atoms with Gasteiger partial charge >= 0.3 is 5.97 Å². The summed E-state index contributed by atoms with van der Waals surface area (Å²) in [5.41, 5.74) is 2.00. The molecule has 3 N–H and O–H groups in total. The Labute approximate surface area is 120 Å². The molecule has 2 rings (SSSR count). The number of anilines is 1. The van der Waals surface area contributed by atoms with Gasteiger partial charge in [-0.25, -0.2) is 9.18 Å². The van der Waals surface area contributed by atoms with Crippen LogP contribution in [-0.2, 0) is 0 Å². The monoisotopic (exact) mass is 290 g/mol. The first-order valence-corrected chi connectivity index (χ1v) is 6.31. The van der Waals surface area contributed by atoms with E-state index in [2.05, 4.69) is 10.3 Å². The summed E-state index contributed by atoms with van der Waals surface area (Å²) in [6, 6.07) is 4.24.